The minimum absolute atomic E-state index is 0.0245. The van der Waals surface area contributed by atoms with Crippen LogP contribution in [-0.4, -0.2) is 141 Å². The fraction of sp³-hybridized carbons (Fsp3) is 0.932. The van der Waals surface area contributed by atoms with E-state index in [4.69, 9.17) is 28.4 Å². The number of aliphatic hydroxyl groups is 7. The summed E-state index contributed by atoms with van der Waals surface area (Å²) in [7, 11) is 0. The van der Waals surface area contributed by atoms with E-state index in [1.165, 1.54) is 0 Å². The largest absolute Gasteiger partial charge is 0.457 e. The summed E-state index contributed by atoms with van der Waals surface area (Å²) in [6, 6.07) is 0. The van der Waals surface area contributed by atoms with Gasteiger partial charge in [-0.15, -0.1) is 0 Å². The predicted octanol–water partition coefficient (Wildman–Crippen LogP) is 2.35. The number of hydrogen-bond acceptors (Lipinski definition) is 14. The molecule has 14 nitrogen and oxygen atoms in total. The quantitative estimate of drug-likeness (QED) is 0.112. The van der Waals surface area contributed by atoms with Gasteiger partial charge in [0.2, 0.25) is 0 Å². The molecule has 2 bridgehead atoms. The van der Waals surface area contributed by atoms with Crippen LogP contribution < -0.4 is 0 Å². The number of rotatable bonds is 7. The second-order valence-electron chi connectivity index (χ2n) is 21.5. The Morgan fingerprint density at radius 1 is 0.793 bits per heavy atom. The first-order valence-electron chi connectivity index (χ1n) is 21.8. The van der Waals surface area contributed by atoms with Crippen LogP contribution in [0.2, 0.25) is 0 Å². The molecule has 58 heavy (non-hydrogen) atoms. The molecule has 0 radical (unpaired) electrons. The predicted molar refractivity (Wildman–Crippen MR) is 206 cm³/mol. The third-order valence-corrected chi connectivity index (χ3v) is 18.2. The summed E-state index contributed by atoms with van der Waals surface area (Å²) in [5.41, 5.74) is -1.99. The molecule has 21 atom stereocenters. The van der Waals surface area contributed by atoms with Crippen LogP contribution in [0.3, 0.4) is 0 Å². The van der Waals surface area contributed by atoms with Crippen molar-refractivity contribution in [3.05, 3.63) is 12.2 Å². The summed E-state index contributed by atoms with van der Waals surface area (Å²) in [5.74, 6) is -0.369. The molecule has 0 aromatic rings. The van der Waals surface area contributed by atoms with E-state index in [9.17, 15) is 40.5 Å². The normalized spacial score (nSPS) is 57.1. The fourth-order valence-electron chi connectivity index (χ4n) is 14.6. The maximum atomic E-state index is 12.2. The smallest absolute Gasteiger partial charge is 0.303 e. The van der Waals surface area contributed by atoms with Crippen molar-refractivity contribution in [1.29, 1.82) is 0 Å². The van der Waals surface area contributed by atoms with E-state index in [1.807, 2.05) is 0 Å². The molecule has 14 heteroatoms. The monoisotopic (exact) mass is 822 g/mol. The van der Waals surface area contributed by atoms with Crippen molar-refractivity contribution in [1.82, 2.24) is 0 Å². The van der Waals surface area contributed by atoms with Gasteiger partial charge in [0.25, 0.3) is 0 Å². The van der Waals surface area contributed by atoms with E-state index in [1.54, 1.807) is 6.92 Å². The Morgan fingerprint density at radius 3 is 2.16 bits per heavy atom. The van der Waals surface area contributed by atoms with Crippen molar-refractivity contribution in [2.45, 2.75) is 186 Å². The van der Waals surface area contributed by atoms with E-state index >= 15 is 0 Å². The Labute approximate surface area is 342 Å². The van der Waals surface area contributed by atoms with Gasteiger partial charge in [0, 0.05) is 29.1 Å². The summed E-state index contributed by atoms with van der Waals surface area (Å²) in [5, 5.41) is 77.9. The van der Waals surface area contributed by atoms with Crippen LogP contribution in [0.15, 0.2) is 12.2 Å². The second-order valence-corrected chi connectivity index (χ2v) is 21.5. The lowest BCUT2D eigenvalue weighted by molar-refractivity contribution is -0.367. The molecule has 0 unspecified atom stereocenters. The number of fused-ring (bicyclic) bond motifs is 4. The molecule has 5 aliphatic carbocycles. The van der Waals surface area contributed by atoms with Gasteiger partial charge in [-0.2, -0.15) is 0 Å². The molecule has 8 rings (SSSR count). The number of esters is 1. The van der Waals surface area contributed by atoms with E-state index in [-0.39, 0.29) is 51.4 Å². The molecule has 330 valence electrons. The Morgan fingerprint density at radius 2 is 1.48 bits per heavy atom. The van der Waals surface area contributed by atoms with Gasteiger partial charge >= 0.3 is 5.97 Å². The van der Waals surface area contributed by atoms with E-state index in [0.717, 1.165) is 45.4 Å². The van der Waals surface area contributed by atoms with Crippen LogP contribution in [0.1, 0.15) is 107 Å². The van der Waals surface area contributed by atoms with Gasteiger partial charge < -0.3 is 64.2 Å². The summed E-state index contributed by atoms with van der Waals surface area (Å²) in [4.78, 5) is 11.8. The molecule has 3 heterocycles. The van der Waals surface area contributed by atoms with Crippen LogP contribution >= 0.6 is 0 Å². The van der Waals surface area contributed by atoms with E-state index in [2.05, 4.69) is 53.7 Å². The number of aliphatic hydroxyl groups excluding tert-OH is 7. The Kier molecular flexibility index (Phi) is 10.8. The van der Waals surface area contributed by atoms with Crippen LogP contribution in [0.4, 0.5) is 0 Å². The van der Waals surface area contributed by atoms with Crippen LogP contribution in [0, 0.1) is 50.2 Å². The molecule has 0 aromatic heterocycles. The molecular weight excluding hydrogens is 752 g/mol. The molecule has 8 aliphatic rings. The van der Waals surface area contributed by atoms with Crippen molar-refractivity contribution in [2.24, 2.45) is 50.2 Å². The van der Waals surface area contributed by atoms with Crippen molar-refractivity contribution in [3.63, 3.8) is 0 Å². The molecule has 7 fully saturated rings. The van der Waals surface area contributed by atoms with Crippen molar-refractivity contribution < 1.29 is 69.0 Å². The Hall–Kier alpha value is -1.27. The highest BCUT2D eigenvalue weighted by molar-refractivity contribution is 5.66. The first kappa shape index (κ1) is 43.4. The average molecular weight is 823 g/mol. The third kappa shape index (κ3) is 5.89. The minimum atomic E-state index is -1.72. The first-order chi connectivity index (χ1) is 27.1. The molecular formula is C44H70O14. The van der Waals surface area contributed by atoms with Crippen LogP contribution in [-0.2, 0) is 33.2 Å². The Bertz CT molecular complexity index is 1610. The topological polar surface area (TPSA) is 214 Å². The maximum absolute atomic E-state index is 12.2. The zero-order valence-corrected chi connectivity index (χ0v) is 35.6. The molecule has 7 N–H and O–H groups in total. The second kappa shape index (κ2) is 14.4. The summed E-state index contributed by atoms with van der Waals surface area (Å²) < 4.78 is 36.6. The Balaban J connectivity index is 1.04. The lowest BCUT2D eigenvalue weighted by Gasteiger charge is -2.73. The van der Waals surface area contributed by atoms with Crippen LogP contribution in [0.25, 0.3) is 0 Å². The van der Waals surface area contributed by atoms with Gasteiger partial charge in [0.1, 0.15) is 36.6 Å². The zero-order chi connectivity index (χ0) is 42.2. The summed E-state index contributed by atoms with van der Waals surface area (Å²) in [6.45, 7) is 16.4. The van der Waals surface area contributed by atoms with Crippen molar-refractivity contribution in [2.75, 3.05) is 19.8 Å². The number of carbonyl (C=O) groups is 1. The lowest BCUT2D eigenvalue weighted by Crippen LogP contribution is -2.72. The van der Waals surface area contributed by atoms with Crippen LogP contribution in [0.5, 0.6) is 0 Å². The van der Waals surface area contributed by atoms with Gasteiger partial charge in [-0.1, -0.05) is 53.7 Å². The molecule has 0 amide bonds. The number of hydrogen-bond donors (Lipinski definition) is 7. The fourth-order valence-corrected chi connectivity index (χ4v) is 14.6. The molecule has 3 aliphatic heterocycles. The number of allylic oxidation sites excluding steroid dienone is 1. The highest BCUT2D eigenvalue weighted by Crippen LogP contribution is 2.79. The van der Waals surface area contributed by atoms with E-state index in [0.29, 0.717) is 19.4 Å². The highest BCUT2D eigenvalue weighted by Gasteiger charge is 2.79. The first-order valence-corrected chi connectivity index (χ1v) is 21.8. The maximum Gasteiger partial charge on any atom is 0.303 e. The summed E-state index contributed by atoms with van der Waals surface area (Å²) in [6.07, 6.45) is -3.53. The molecule has 0 aromatic carbocycles. The third-order valence-electron chi connectivity index (χ3n) is 18.2. The SMILES string of the molecule is CC(=O)O[C@@H]1[C@@H](O)[C@H](O[C@H]2[C@@H](O)[C@@H](C)O[C@@H](O[C@H]3CC[C@@]4(C)[C@H](CC[C@]5(C)[C@@H]4C=C[C@]46OC[C@@]7(CCC(C)(C)C[C@@H]74)[C@@H](O)C[C@]65C)[C@]3(C)CO)[C@@H]2O)O[C@H](CO)[C@H]1O. The van der Waals surface area contributed by atoms with Gasteiger partial charge in [-0.05, 0) is 86.4 Å². The number of carbonyl (C=O) groups excluding carboxylic acids is 1. The molecule has 3 saturated heterocycles. The van der Waals surface area contributed by atoms with Gasteiger partial charge in [-0.3, -0.25) is 4.79 Å². The van der Waals surface area contributed by atoms with Gasteiger partial charge in [0.05, 0.1) is 43.7 Å². The zero-order valence-electron chi connectivity index (χ0n) is 35.6. The molecule has 4 saturated carbocycles. The van der Waals surface area contributed by atoms with Gasteiger partial charge in [0.15, 0.2) is 18.7 Å². The minimum Gasteiger partial charge on any atom is -0.457 e. The average Bonchev–Trinajstić information content (AvgIpc) is 3.44. The van der Waals surface area contributed by atoms with Crippen molar-refractivity contribution in [3.8, 4) is 0 Å². The van der Waals surface area contributed by atoms with Crippen molar-refractivity contribution >= 4 is 5.97 Å². The molecule has 1 spiro atoms. The standard InChI is InChI=1S/C44H70O14/c1-22-30(49)34(58-37-33(52)35(55-23(2)47)31(50)24(19-45)56-37)32(51)36(54-22)57-29-11-12-39(5)25(40(29,6)20-46)9-13-41(7)26(39)10-14-44-27-17-38(3,4)15-16-43(27,21-53-44)28(48)18-42(41,44)8/h10,14,22,24-37,45-46,48-52H,9,11-13,15-21H2,1-8H3/t22-,24-,25+,26-,27+,28+,29+,30+,31-,32-,33-,34+,35+,36+,37+,39+,40+,41-,42+,43-,44+/m1/s1. The van der Waals surface area contributed by atoms with E-state index < -0.39 is 97.2 Å². The number of ether oxygens (including phenoxy) is 6. The summed E-state index contributed by atoms with van der Waals surface area (Å²) >= 11 is 0. The van der Waals surface area contributed by atoms with Gasteiger partial charge in [-0.25, -0.2) is 0 Å². The lowest BCUT2D eigenvalue weighted by atomic mass is 9.32. The highest BCUT2D eigenvalue weighted by atomic mass is 16.7.